The van der Waals surface area contributed by atoms with Crippen LogP contribution in [-0.2, 0) is 5.41 Å². The number of benzene rings is 1. The summed E-state index contributed by atoms with van der Waals surface area (Å²) in [6.07, 6.45) is 8.49. The van der Waals surface area contributed by atoms with Gasteiger partial charge in [0.25, 0.3) is 0 Å². The quantitative estimate of drug-likeness (QED) is 0.640. The third kappa shape index (κ3) is 2.70. The van der Waals surface area contributed by atoms with Crippen molar-refractivity contribution < 1.29 is 4.74 Å². The second kappa shape index (κ2) is 5.92. The van der Waals surface area contributed by atoms with E-state index in [0.717, 1.165) is 33.9 Å². The van der Waals surface area contributed by atoms with Crippen molar-refractivity contribution in [3.63, 3.8) is 0 Å². The van der Waals surface area contributed by atoms with Crippen LogP contribution in [-0.4, -0.2) is 7.11 Å². The molecule has 1 aromatic heterocycles. The average molecular weight is 349 g/mol. The summed E-state index contributed by atoms with van der Waals surface area (Å²) >= 11 is 1.70. The minimum atomic E-state index is 0.348. The molecule has 2 aromatic rings. The normalized spacial score (nSPS) is 32.3. The van der Waals surface area contributed by atoms with Gasteiger partial charge in [-0.2, -0.15) is 0 Å². The fraction of sp³-hybridized carbons (Fsp3) is 0.478. The van der Waals surface area contributed by atoms with Crippen LogP contribution in [0.4, 0.5) is 0 Å². The summed E-state index contributed by atoms with van der Waals surface area (Å²) < 4.78 is 5.79. The number of hydrogen-bond donors (Lipinski definition) is 0. The summed E-state index contributed by atoms with van der Waals surface area (Å²) in [6, 6.07) is 10.7. The molecule has 25 heavy (non-hydrogen) atoms. The van der Waals surface area contributed by atoms with E-state index in [0.29, 0.717) is 5.41 Å². The number of ether oxygens (including phenoxy) is 1. The summed E-state index contributed by atoms with van der Waals surface area (Å²) in [5.74, 6) is 10.6. The molecule has 0 atom stereocenters. The lowest BCUT2D eigenvalue weighted by Gasteiger charge is -2.57. The van der Waals surface area contributed by atoms with Crippen molar-refractivity contribution in [1.29, 1.82) is 0 Å². The number of methoxy groups -OCH3 is 1. The van der Waals surface area contributed by atoms with Crippen LogP contribution in [0.1, 0.15) is 54.5 Å². The topological polar surface area (TPSA) is 9.23 Å². The van der Waals surface area contributed by atoms with Gasteiger partial charge < -0.3 is 4.74 Å². The van der Waals surface area contributed by atoms with Crippen LogP contribution in [0, 0.1) is 29.6 Å². The van der Waals surface area contributed by atoms with Crippen molar-refractivity contribution in [1.82, 2.24) is 0 Å². The lowest BCUT2D eigenvalue weighted by atomic mass is 9.48. The average Bonchev–Trinajstić information content (AvgIpc) is 3.12. The third-order valence-electron chi connectivity index (χ3n) is 6.66. The van der Waals surface area contributed by atoms with Gasteiger partial charge in [-0.3, -0.25) is 0 Å². The molecule has 6 rings (SSSR count). The van der Waals surface area contributed by atoms with Crippen LogP contribution in [0.25, 0.3) is 0 Å². The fourth-order valence-corrected chi connectivity index (χ4v) is 6.69. The van der Waals surface area contributed by atoms with Crippen molar-refractivity contribution in [3.8, 4) is 17.6 Å². The molecular weight excluding hydrogens is 324 g/mol. The Morgan fingerprint density at radius 3 is 2.32 bits per heavy atom. The first-order valence-electron chi connectivity index (χ1n) is 9.48. The highest BCUT2D eigenvalue weighted by atomic mass is 32.1. The van der Waals surface area contributed by atoms with E-state index in [1.165, 1.54) is 44.1 Å². The number of rotatable bonds is 2. The SMILES string of the molecule is COc1ccc(C#Cc2cccs2)cc1C12CC3CC(CC(C3)C1)C2. The van der Waals surface area contributed by atoms with Crippen LogP contribution >= 0.6 is 11.3 Å². The second-order valence-corrected chi connectivity index (χ2v) is 9.29. The molecule has 4 fully saturated rings. The molecule has 1 aromatic carbocycles. The summed E-state index contributed by atoms with van der Waals surface area (Å²) in [6.45, 7) is 0. The fourth-order valence-electron chi connectivity index (χ4n) is 6.12. The van der Waals surface area contributed by atoms with E-state index in [2.05, 4.69) is 47.6 Å². The van der Waals surface area contributed by atoms with Gasteiger partial charge >= 0.3 is 0 Å². The molecule has 4 saturated carbocycles. The maximum absolute atomic E-state index is 5.79. The van der Waals surface area contributed by atoms with Gasteiger partial charge in [-0.25, -0.2) is 0 Å². The Balaban J connectivity index is 1.55. The van der Waals surface area contributed by atoms with Crippen molar-refractivity contribution >= 4 is 11.3 Å². The van der Waals surface area contributed by atoms with Gasteiger partial charge in [0.05, 0.1) is 12.0 Å². The molecule has 4 aliphatic rings. The predicted octanol–water partition coefficient (Wildman–Crippen LogP) is 5.62. The Bertz CT molecular complexity index is 801. The largest absolute Gasteiger partial charge is 0.496 e. The maximum atomic E-state index is 5.79. The highest BCUT2D eigenvalue weighted by Gasteiger charge is 2.52. The molecule has 0 spiro atoms. The van der Waals surface area contributed by atoms with E-state index < -0.39 is 0 Å². The molecule has 4 aliphatic carbocycles. The Labute approximate surface area is 154 Å². The van der Waals surface area contributed by atoms with Gasteiger partial charge in [0, 0.05) is 11.1 Å². The van der Waals surface area contributed by atoms with Crippen LogP contribution < -0.4 is 4.74 Å². The van der Waals surface area contributed by atoms with Gasteiger partial charge in [0.15, 0.2) is 0 Å². The second-order valence-electron chi connectivity index (χ2n) is 8.34. The van der Waals surface area contributed by atoms with Crippen molar-refractivity contribution in [2.24, 2.45) is 17.8 Å². The van der Waals surface area contributed by atoms with Gasteiger partial charge in [-0.1, -0.05) is 17.9 Å². The zero-order valence-corrected chi connectivity index (χ0v) is 15.6. The third-order valence-corrected chi connectivity index (χ3v) is 7.45. The molecule has 1 nitrogen and oxygen atoms in total. The number of hydrogen-bond acceptors (Lipinski definition) is 2. The first kappa shape index (κ1) is 15.5. The zero-order chi connectivity index (χ0) is 16.9. The molecule has 4 bridgehead atoms. The Kier molecular flexibility index (Phi) is 3.68. The van der Waals surface area contributed by atoms with Gasteiger partial charge in [0.1, 0.15) is 5.75 Å². The predicted molar refractivity (Wildman–Crippen MR) is 103 cm³/mol. The molecule has 2 heteroatoms. The standard InChI is InChI=1S/C23H24OS/c1-24-22-7-5-16(4-6-20-3-2-8-25-20)12-21(22)23-13-17-9-18(14-23)11-19(10-17)15-23/h2-3,5,7-8,12,17-19H,9-11,13-15H2,1H3. The molecule has 0 radical (unpaired) electrons. The molecule has 0 aliphatic heterocycles. The van der Waals surface area contributed by atoms with E-state index in [4.69, 9.17) is 4.74 Å². The van der Waals surface area contributed by atoms with E-state index in [9.17, 15) is 0 Å². The first-order valence-corrected chi connectivity index (χ1v) is 10.4. The van der Waals surface area contributed by atoms with E-state index in [-0.39, 0.29) is 0 Å². The summed E-state index contributed by atoms with van der Waals surface area (Å²) in [5, 5.41) is 2.08. The smallest absolute Gasteiger partial charge is 0.122 e. The Hall–Kier alpha value is -1.72. The Morgan fingerprint density at radius 2 is 1.72 bits per heavy atom. The summed E-state index contributed by atoms with van der Waals surface area (Å²) in [5.41, 5.74) is 2.91. The van der Waals surface area contributed by atoms with E-state index in [1.807, 2.05) is 7.11 Å². The lowest BCUT2D eigenvalue weighted by Crippen LogP contribution is -2.48. The molecule has 0 unspecified atom stereocenters. The summed E-state index contributed by atoms with van der Waals surface area (Å²) in [4.78, 5) is 1.13. The summed E-state index contributed by atoms with van der Waals surface area (Å²) in [7, 11) is 1.82. The molecule has 0 saturated heterocycles. The first-order chi connectivity index (χ1) is 12.2. The zero-order valence-electron chi connectivity index (χ0n) is 14.8. The maximum Gasteiger partial charge on any atom is 0.122 e. The minimum Gasteiger partial charge on any atom is -0.496 e. The molecule has 0 amide bonds. The highest BCUT2D eigenvalue weighted by Crippen LogP contribution is 2.61. The van der Waals surface area contributed by atoms with Crippen LogP contribution in [0.3, 0.4) is 0 Å². The Morgan fingerprint density at radius 1 is 1.00 bits per heavy atom. The van der Waals surface area contributed by atoms with Crippen molar-refractivity contribution in [2.45, 2.75) is 43.9 Å². The molecule has 0 N–H and O–H groups in total. The van der Waals surface area contributed by atoms with Crippen molar-refractivity contribution in [2.75, 3.05) is 7.11 Å². The van der Waals surface area contributed by atoms with E-state index >= 15 is 0 Å². The van der Waals surface area contributed by atoms with Crippen LogP contribution in [0.15, 0.2) is 35.7 Å². The van der Waals surface area contributed by atoms with Crippen molar-refractivity contribution in [3.05, 3.63) is 51.7 Å². The molecular formula is C23H24OS. The van der Waals surface area contributed by atoms with Gasteiger partial charge in [0.2, 0.25) is 0 Å². The monoisotopic (exact) mass is 348 g/mol. The van der Waals surface area contributed by atoms with Crippen LogP contribution in [0.5, 0.6) is 5.75 Å². The highest BCUT2D eigenvalue weighted by molar-refractivity contribution is 7.10. The van der Waals surface area contributed by atoms with Crippen LogP contribution in [0.2, 0.25) is 0 Å². The van der Waals surface area contributed by atoms with Gasteiger partial charge in [-0.15, -0.1) is 11.3 Å². The number of thiophene rings is 1. The van der Waals surface area contributed by atoms with Gasteiger partial charge in [-0.05, 0) is 91.3 Å². The minimum absolute atomic E-state index is 0.348. The molecule has 1 heterocycles. The van der Waals surface area contributed by atoms with E-state index in [1.54, 1.807) is 11.3 Å². The molecule has 128 valence electrons. The lowest BCUT2D eigenvalue weighted by molar-refractivity contribution is -0.00616.